The van der Waals surface area contributed by atoms with Crippen LogP contribution in [0.15, 0.2) is 60.7 Å². The zero-order chi connectivity index (χ0) is 40.6. The maximum absolute atomic E-state index is 14.5. The van der Waals surface area contributed by atoms with Crippen molar-refractivity contribution in [1.82, 2.24) is 0 Å². The lowest BCUT2D eigenvalue weighted by molar-refractivity contribution is -0.314. The summed E-state index contributed by atoms with van der Waals surface area (Å²) in [4.78, 5) is 41.4. The van der Waals surface area contributed by atoms with E-state index in [9.17, 15) is 24.6 Å². The Kier molecular flexibility index (Phi) is 10.7. The van der Waals surface area contributed by atoms with Crippen LogP contribution >= 0.6 is 0 Å². The van der Waals surface area contributed by atoms with Crippen molar-refractivity contribution in [2.45, 2.75) is 134 Å². The molecule has 17 atom stereocenters. The second-order valence-corrected chi connectivity index (χ2v) is 19.3. The van der Waals surface area contributed by atoms with Crippen LogP contribution < -0.4 is 0 Å². The van der Waals surface area contributed by atoms with Crippen LogP contribution in [0.25, 0.3) is 0 Å². The first-order chi connectivity index (χ1) is 27.8. The molecule has 0 amide bonds. The minimum atomic E-state index is -1.53. The van der Waals surface area contributed by atoms with E-state index < -0.39 is 61.1 Å². The van der Waals surface area contributed by atoms with E-state index in [-0.39, 0.29) is 39.8 Å². The third-order valence-electron chi connectivity index (χ3n) is 16.3. The van der Waals surface area contributed by atoms with Gasteiger partial charge in [0.05, 0.1) is 36.5 Å². The Bertz CT molecular complexity index is 1830. The first-order valence-electron chi connectivity index (χ1n) is 21.8. The standard InChI is InChI=1S/C47H60O11/c1-26-15-20-47(53-25-26)27(2)38-36(58-47)23-33-31-22-35(49)34-21-30(16-18-45(34,3)32(31)17-19-46(33,38)4)54-44-41(57-43(52)29-13-9-6-10-14-29)40(39(50)37(24-48)55-44)56-42(51)28-11-7-5-8-12-28/h5-14,26-27,30-34,36-41,44,48,50H,15-25H2,1-4H3/t26-,27+,30+,31-,32+,33+,34-,36+,37-,38+,39-,40+,41-,44-,45-,46+,47-/m1/s1. The van der Waals surface area contributed by atoms with Gasteiger partial charge in [0.1, 0.15) is 18.0 Å². The third-order valence-corrected chi connectivity index (χ3v) is 16.3. The fourth-order valence-electron chi connectivity index (χ4n) is 13.3. The predicted octanol–water partition coefficient (Wildman–Crippen LogP) is 6.53. The molecule has 7 fully saturated rings. The Balaban J connectivity index is 0.928. The Morgan fingerprint density at radius 1 is 0.828 bits per heavy atom. The van der Waals surface area contributed by atoms with E-state index >= 15 is 0 Å². The third kappa shape index (κ3) is 6.67. The normalized spacial score (nSPS) is 45.7. The summed E-state index contributed by atoms with van der Waals surface area (Å²) in [7, 11) is 0. The van der Waals surface area contributed by atoms with Crippen LogP contribution in [0.3, 0.4) is 0 Å². The van der Waals surface area contributed by atoms with Crippen molar-refractivity contribution in [3.8, 4) is 0 Å². The summed E-state index contributed by atoms with van der Waals surface area (Å²) in [6, 6.07) is 16.7. The molecule has 58 heavy (non-hydrogen) atoms. The second-order valence-electron chi connectivity index (χ2n) is 19.3. The predicted molar refractivity (Wildman–Crippen MR) is 210 cm³/mol. The number of ketones is 1. The van der Waals surface area contributed by atoms with Gasteiger partial charge in [-0.05, 0) is 110 Å². The number of ether oxygens (including phenoxy) is 6. The fourth-order valence-corrected chi connectivity index (χ4v) is 13.3. The van der Waals surface area contributed by atoms with E-state index in [1.165, 1.54) is 0 Å². The van der Waals surface area contributed by atoms with Gasteiger partial charge in [0.15, 0.2) is 24.3 Å². The highest BCUT2D eigenvalue weighted by atomic mass is 16.7. The van der Waals surface area contributed by atoms with Crippen molar-refractivity contribution < 1.29 is 53.0 Å². The quantitative estimate of drug-likeness (QED) is 0.233. The number of fused-ring (bicyclic) bond motifs is 7. The summed E-state index contributed by atoms with van der Waals surface area (Å²) in [6.45, 7) is 9.58. The Morgan fingerprint density at radius 3 is 2.12 bits per heavy atom. The van der Waals surface area contributed by atoms with Crippen LogP contribution in [0.4, 0.5) is 0 Å². The molecule has 4 aliphatic carbocycles. The first kappa shape index (κ1) is 40.2. The van der Waals surface area contributed by atoms with E-state index in [0.29, 0.717) is 54.8 Å². The van der Waals surface area contributed by atoms with Crippen molar-refractivity contribution in [1.29, 1.82) is 0 Å². The molecule has 3 aliphatic heterocycles. The largest absolute Gasteiger partial charge is 0.452 e. The Morgan fingerprint density at radius 2 is 1.48 bits per heavy atom. The summed E-state index contributed by atoms with van der Waals surface area (Å²) in [5, 5.41) is 21.7. The minimum absolute atomic E-state index is 0.101. The van der Waals surface area contributed by atoms with Gasteiger partial charge in [-0.25, -0.2) is 9.59 Å². The summed E-state index contributed by atoms with van der Waals surface area (Å²) >= 11 is 0. The zero-order valence-electron chi connectivity index (χ0n) is 34.2. The van der Waals surface area contributed by atoms with Gasteiger partial charge in [-0.1, -0.05) is 64.1 Å². The summed E-state index contributed by atoms with van der Waals surface area (Å²) in [5.74, 6) is 0.600. The topological polar surface area (TPSA) is 147 Å². The van der Waals surface area contributed by atoms with Crippen molar-refractivity contribution in [2.24, 2.45) is 52.3 Å². The van der Waals surface area contributed by atoms with E-state index in [4.69, 9.17) is 28.4 Å². The molecular weight excluding hydrogens is 741 g/mol. The van der Waals surface area contributed by atoms with Crippen molar-refractivity contribution >= 4 is 17.7 Å². The second kappa shape index (κ2) is 15.4. The molecule has 0 bridgehead atoms. The lowest BCUT2D eigenvalue weighted by Crippen LogP contribution is -2.63. The van der Waals surface area contributed by atoms with Gasteiger partial charge in [-0.2, -0.15) is 0 Å². The molecule has 0 radical (unpaired) electrons. The average Bonchev–Trinajstić information content (AvgIpc) is 3.68. The molecule has 2 N–H and O–H groups in total. The van der Waals surface area contributed by atoms with E-state index in [1.807, 2.05) is 0 Å². The van der Waals surface area contributed by atoms with Gasteiger partial charge in [0, 0.05) is 24.7 Å². The number of benzene rings is 2. The molecule has 1 spiro atoms. The highest BCUT2D eigenvalue weighted by Crippen LogP contribution is 2.71. The molecule has 11 heteroatoms. The fraction of sp³-hybridized carbons (Fsp3) is 0.681. The Hall–Kier alpha value is -3.19. The van der Waals surface area contributed by atoms with E-state index in [2.05, 4.69) is 27.7 Å². The SMILES string of the molecule is C[C@@H]1CC[C@@]2(OC1)O[C@H]1C[C@H]3[C@@H]4CC(=O)[C@H]5C[C@@H](O[C@@H]6O[C@H](CO)[C@@H](O)[C@H](OC(=O)c7ccccc7)[C@H]6OC(=O)c6ccccc6)CC[C@]5(C)[C@H]4CC[C@]3(C)[C@H]1[C@@H]2C. The van der Waals surface area contributed by atoms with E-state index in [1.54, 1.807) is 60.7 Å². The number of aliphatic hydroxyl groups is 2. The highest BCUT2D eigenvalue weighted by molar-refractivity contribution is 5.90. The molecule has 3 heterocycles. The molecule has 2 aromatic carbocycles. The van der Waals surface area contributed by atoms with Gasteiger partial charge < -0.3 is 38.6 Å². The van der Waals surface area contributed by atoms with Crippen LogP contribution in [0.1, 0.15) is 106 Å². The number of esters is 2. The maximum atomic E-state index is 14.5. The van der Waals surface area contributed by atoms with Crippen molar-refractivity contribution in [3.63, 3.8) is 0 Å². The molecule has 0 unspecified atom stereocenters. The van der Waals surface area contributed by atoms with Crippen molar-refractivity contribution in [2.75, 3.05) is 13.2 Å². The van der Waals surface area contributed by atoms with Gasteiger partial charge in [0.25, 0.3) is 0 Å². The number of Topliss-reactive ketones (excluding diaryl/α,β-unsaturated/α-hetero) is 1. The molecule has 4 saturated carbocycles. The van der Waals surface area contributed by atoms with Crippen LogP contribution in [0, 0.1) is 52.3 Å². The minimum Gasteiger partial charge on any atom is -0.452 e. The maximum Gasteiger partial charge on any atom is 0.338 e. The smallest absolute Gasteiger partial charge is 0.338 e. The average molecular weight is 801 g/mol. The molecular formula is C47H60O11. The van der Waals surface area contributed by atoms with Crippen LogP contribution in [-0.2, 0) is 33.2 Å². The van der Waals surface area contributed by atoms with Gasteiger partial charge in [0.2, 0.25) is 0 Å². The number of carbonyl (C=O) groups excluding carboxylic acids is 3. The summed E-state index contributed by atoms with van der Waals surface area (Å²) < 4.78 is 38.2. The first-order valence-corrected chi connectivity index (χ1v) is 21.8. The number of carbonyl (C=O) groups is 3. The highest BCUT2D eigenvalue weighted by Gasteiger charge is 2.70. The summed E-state index contributed by atoms with van der Waals surface area (Å²) in [5.41, 5.74) is 0.412. The van der Waals surface area contributed by atoms with Gasteiger partial charge >= 0.3 is 11.9 Å². The van der Waals surface area contributed by atoms with E-state index in [0.717, 1.165) is 45.1 Å². The lowest BCUT2D eigenvalue weighted by Gasteiger charge is -2.60. The van der Waals surface area contributed by atoms with Crippen LogP contribution in [0.2, 0.25) is 0 Å². The van der Waals surface area contributed by atoms with Gasteiger partial charge in [-0.15, -0.1) is 0 Å². The lowest BCUT2D eigenvalue weighted by atomic mass is 9.44. The number of hydrogen-bond acceptors (Lipinski definition) is 11. The number of rotatable bonds is 7. The molecule has 11 nitrogen and oxygen atoms in total. The van der Waals surface area contributed by atoms with Crippen LogP contribution in [-0.4, -0.2) is 89.8 Å². The number of hydrogen-bond donors (Lipinski definition) is 2. The summed E-state index contributed by atoms with van der Waals surface area (Å²) in [6.07, 6.45) is 0.672. The van der Waals surface area contributed by atoms with Crippen molar-refractivity contribution in [3.05, 3.63) is 71.8 Å². The molecule has 3 saturated heterocycles. The molecule has 7 aliphatic rings. The monoisotopic (exact) mass is 800 g/mol. The van der Waals surface area contributed by atoms with Crippen LogP contribution in [0.5, 0.6) is 0 Å². The Labute approximate surface area is 341 Å². The molecule has 2 aromatic rings. The zero-order valence-corrected chi connectivity index (χ0v) is 34.2. The molecule has 314 valence electrons. The number of aliphatic hydroxyl groups excluding tert-OH is 2. The molecule has 0 aromatic heterocycles. The van der Waals surface area contributed by atoms with Gasteiger partial charge in [-0.3, -0.25) is 4.79 Å². The molecule has 9 rings (SSSR count).